The minimum absolute atomic E-state index is 1.21. The minimum Gasteiger partial charge on any atom is -0.0611 e. The molecule has 3 aromatic carbocycles. The van der Waals surface area contributed by atoms with Crippen molar-refractivity contribution in [3.63, 3.8) is 0 Å². The predicted molar refractivity (Wildman–Crippen MR) is 106 cm³/mol. The van der Waals surface area contributed by atoms with Gasteiger partial charge in [-0.05, 0) is 51.6 Å². The Morgan fingerprint density at radius 1 is 0.292 bits per heavy atom. The molecule has 24 heavy (non-hydrogen) atoms. The fraction of sp³-hybridized carbons (Fsp3) is 0. The predicted octanol–water partition coefficient (Wildman–Crippen LogP) is 6.51. The largest absolute Gasteiger partial charge is 0.0611 e. The van der Waals surface area contributed by atoms with E-state index in [0.29, 0.717) is 0 Å². The second kappa shape index (κ2) is 6.55. The van der Waals surface area contributed by atoms with Gasteiger partial charge in [0.25, 0.3) is 0 Å². The summed E-state index contributed by atoms with van der Waals surface area (Å²) in [4.78, 5) is 0. The molecule has 114 valence electrons. The highest BCUT2D eigenvalue weighted by Crippen LogP contribution is 2.17. The van der Waals surface area contributed by atoms with Gasteiger partial charge >= 0.3 is 0 Å². The first kappa shape index (κ1) is 14.5. The van der Waals surface area contributed by atoms with E-state index in [0.717, 1.165) is 0 Å². The molecule has 3 aromatic rings. The molecule has 0 heteroatoms. The van der Waals surface area contributed by atoms with Crippen molar-refractivity contribution in [2.24, 2.45) is 0 Å². The molecule has 0 fully saturated rings. The molecule has 0 nitrogen and oxygen atoms in total. The maximum Gasteiger partial charge on any atom is -0.0251 e. The van der Waals surface area contributed by atoms with Crippen molar-refractivity contribution >= 4 is 36.5 Å². The molecule has 1 aliphatic carbocycles. The van der Waals surface area contributed by atoms with Crippen molar-refractivity contribution in [3.8, 4) is 0 Å². The molecular weight excluding hydrogens is 288 g/mol. The maximum absolute atomic E-state index is 2.21. The Labute approximate surface area is 143 Å². The number of hydrogen-bond donors (Lipinski definition) is 0. The lowest BCUT2D eigenvalue weighted by atomic mass is 10.1. The van der Waals surface area contributed by atoms with E-state index in [9.17, 15) is 0 Å². The van der Waals surface area contributed by atoms with Crippen LogP contribution in [-0.4, -0.2) is 0 Å². The summed E-state index contributed by atoms with van der Waals surface area (Å²) >= 11 is 0. The van der Waals surface area contributed by atoms with Crippen LogP contribution in [0.2, 0.25) is 0 Å². The molecule has 0 aliphatic heterocycles. The lowest BCUT2D eigenvalue weighted by molar-refractivity contribution is 1.61. The van der Waals surface area contributed by atoms with E-state index in [-0.39, 0.29) is 0 Å². The molecule has 0 N–H and O–H groups in total. The van der Waals surface area contributed by atoms with Crippen LogP contribution >= 0.6 is 0 Å². The van der Waals surface area contributed by atoms with Gasteiger partial charge in [-0.3, -0.25) is 0 Å². The van der Waals surface area contributed by atoms with Crippen LogP contribution in [0.3, 0.4) is 0 Å². The molecule has 0 amide bonds. The third-order valence-electron chi connectivity index (χ3n) is 4.14. The summed E-state index contributed by atoms with van der Waals surface area (Å²) in [5.41, 5.74) is 7.26. The highest BCUT2D eigenvalue weighted by Gasteiger charge is 1.95. The van der Waals surface area contributed by atoms with Gasteiger partial charge in [0.2, 0.25) is 0 Å². The van der Waals surface area contributed by atoms with Crippen LogP contribution in [0.1, 0.15) is 33.4 Å². The summed E-state index contributed by atoms with van der Waals surface area (Å²) in [5.74, 6) is 0. The molecule has 0 radical (unpaired) electrons. The van der Waals surface area contributed by atoms with Crippen LogP contribution in [0.15, 0.2) is 72.8 Å². The third kappa shape index (κ3) is 3.44. The van der Waals surface area contributed by atoms with Gasteiger partial charge in [-0.2, -0.15) is 0 Å². The summed E-state index contributed by atoms with van der Waals surface area (Å²) in [7, 11) is 0. The Morgan fingerprint density at radius 3 is 0.708 bits per heavy atom. The molecule has 0 heterocycles. The second-order valence-corrected chi connectivity index (χ2v) is 6.01. The van der Waals surface area contributed by atoms with Gasteiger partial charge in [-0.15, -0.1) is 0 Å². The number of fused-ring (bicyclic) bond motifs is 6. The lowest BCUT2D eigenvalue weighted by Gasteiger charge is -1.99. The zero-order valence-electron chi connectivity index (χ0n) is 13.4. The molecule has 0 saturated heterocycles. The van der Waals surface area contributed by atoms with Crippen LogP contribution < -0.4 is 0 Å². The Balaban J connectivity index is 1.86. The first-order valence-corrected chi connectivity index (χ1v) is 8.20. The monoisotopic (exact) mass is 306 g/mol. The van der Waals surface area contributed by atoms with E-state index < -0.39 is 0 Å². The fourth-order valence-corrected chi connectivity index (χ4v) is 2.88. The van der Waals surface area contributed by atoms with Crippen molar-refractivity contribution < 1.29 is 0 Å². The van der Waals surface area contributed by atoms with Crippen molar-refractivity contribution in [1.29, 1.82) is 0 Å². The van der Waals surface area contributed by atoms with Crippen molar-refractivity contribution in [1.82, 2.24) is 0 Å². The summed E-state index contributed by atoms with van der Waals surface area (Å²) in [6.07, 6.45) is 13.0. The topological polar surface area (TPSA) is 0 Å². The van der Waals surface area contributed by atoms with Gasteiger partial charge in [-0.1, -0.05) is 91.1 Å². The molecule has 0 atom stereocenters. The minimum atomic E-state index is 1.21. The fourth-order valence-electron chi connectivity index (χ4n) is 2.88. The van der Waals surface area contributed by atoms with Gasteiger partial charge in [0, 0.05) is 0 Å². The van der Waals surface area contributed by atoms with E-state index in [4.69, 9.17) is 0 Å². The van der Waals surface area contributed by atoms with Crippen molar-refractivity contribution in [2.45, 2.75) is 0 Å². The summed E-state index contributed by atoms with van der Waals surface area (Å²) in [5, 5.41) is 0. The first-order valence-electron chi connectivity index (χ1n) is 8.20. The van der Waals surface area contributed by atoms with Gasteiger partial charge in [-0.25, -0.2) is 0 Å². The van der Waals surface area contributed by atoms with E-state index in [1.165, 1.54) is 33.4 Å². The molecule has 4 rings (SSSR count). The average Bonchev–Trinajstić information content (AvgIpc) is 2.64. The van der Waals surface area contributed by atoms with Gasteiger partial charge in [0.1, 0.15) is 0 Å². The quantitative estimate of drug-likeness (QED) is 0.347. The average molecular weight is 306 g/mol. The first-order chi connectivity index (χ1) is 11.8. The molecule has 0 spiro atoms. The van der Waals surface area contributed by atoms with E-state index in [2.05, 4.69) is 109 Å². The maximum atomic E-state index is 2.21. The van der Waals surface area contributed by atoms with Gasteiger partial charge in [0.05, 0.1) is 0 Å². The van der Waals surface area contributed by atoms with Crippen molar-refractivity contribution in [3.05, 3.63) is 106 Å². The highest BCUT2D eigenvalue weighted by molar-refractivity contribution is 5.78. The zero-order valence-corrected chi connectivity index (χ0v) is 13.4. The molecule has 6 bridgehead atoms. The van der Waals surface area contributed by atoms with E-state index in [1.54, 1.807) is 0 Å². The van der Waals surface area contributed by atoms with Crippen LogP contribution in [0.5, 0.6) is 0 Å². The van der Waals surface area contributed by atoms with Crippen LogP contribution in [0.25, 0.3) is 36.5 Å². The van der Waals surface area contributed by atoms with Crippen molar-refractivity contribution in [2.75, 3.05) is 0 Å². The van der Waals surface area contributed by atoms with Crippen LogP contribution in [0, 0.1) is 0 Å². The molecule has 0 saturated carbocycles. The lowest BCUT2D eigenvalue weighted by Crippen LogP contribution is -1.77. The summed E-state index contributed by atoms with van der Waals surface area (Å²) < 4.78 is 0. The number of benzene rings is 3. The standard InChI is InChI=1S/C24H18/c1-4-19-10-12-21-6-2-8-23(17-21)14-15-24-9-3-7-22(18-24)13-11-20(5-1)16-19/h1-18H/b12-10-,13-11-,15-14?. The normalized spacial score (nSPS) is 15.2. The highest BCUT2D eigenvalue weighted by atomic mass is 14.0. The molecule has 1 aliphatic rings. The van der Waals surface area contributed by atoms with Crippen LogP contribution in [-0.2, 0) is 0 Å². The summed E-state index contributed by atoms with van der Waals surface area (Å²) in [6.45, 7) is 0. The van der Waals surface area contributed by atoms with E-state index >= 15 is 0 Å². The van der Waals surface area contributed by atoms with Gasteiger partial charge < -0.3 is 0 Å². The number of hydrogen-bond acceptors (Lipinski definition) is 0. The Bertz CT molecular complexity index is 764. The van der Waals surface area contributed by atoms with Gasteiger partial charge in [0.15, 0.2) is 0 Å². The number of rotatable bonds is 0. The molecular formula is C24H18. The smallest absolute Gasteiger partial charge is 0.0251 e. The third-order valence-corrected chi connectivity index (χ3v) is 4.14. The molecule has 0 aromatic heterocycles. The van der Waals surface area contributed by atoms with E-state index in [1.807, 2.05) is 0 Å². The SMILES string of the molecule is C1=Cc2cccc(c2)/C=C\c2cccc(c2)/C=C\c2cccc1c2. The van der Waals surface area contributed by atoms with Crippen LogP contribution in [0.4, 0.5) is 0 Å². The zero-order chi connectivity index (χ0) is 16.2. The Hall–Kier alpha value is -3.12. The summed E-state index contributed by atoms with van der Waals surface area (Å²) in [6, 6.07) is 25.7. The molecule has 0 unspecified atom stereocenters. The second-order valence-electron chi connectivity index (χ2n) is 6.01. The Kier molecular flexibility index (Phi) is 3.95. The Morgan fingerprint density at radius 2 is 0.500 bits per heavy atom.